The van der Waals surface area contributed by atoms with Gasteiger partial charge in [0.15, 0.2) is 5.43 Å². The zero-order valence-corrected chi connectivity index (χ0v) is 16.0. The summed E-state index contributed by atoms with van der Waals surface area (Å²) < 4.78 is 32.9. The maximum atomic E-state index is 13.8. The summed E-state index contributed by atoms with van der Waals surface area (Å²) in [6, 6.07) is 14.6. The molecule has 154 valence electrons. The molecule has 0 radical (unpaired) electrons. The summed E-state index contributed by atoms with van der Waals surface area (Å²) >= 11 is 0. The summed E-state index contributed by atoms with van der Waals surface area (Å²) in [6.45, 7) is 0.0772. The Bertz CT molecular complexity index is 1400. The summed E-state index contributed by atoms with van der Waals surface area (Å²) in [5.41, 5.74) is 0.819. The van der Waals surface area contributed by atoms with Crippen LogP contribution in [0.5, 0.6) is 5.75 Å². The van der Waals surface area contributed by atoms with Crippen molar-refractivity contribution in [2.45, 2.75) is 12.6 Å². The van der Waals surface area contributed by atoms with Crippen molar-refractivity contribution in [3.8, 4) is 5.75 Å². The lowest BCUT2D eigenvalue weighted by molar-refractivity contribution is 0.0714. The van der Waals surface area contributed by atoms with E-state index >= 15 is 0 Å². The van der Waals surface area contributed by atoms with Gasteiger partial charge in [0, 0.05) is 6.54 Å². The van der Waals surface area contributed by atoms with E-state index in [1.54, 1.807) is 24.3 Å². The lowest BCUT2D eigenvalue weighted by Gasteiger charge is -2.25. The molecule has 4 aromatic rings. The van der Waals surface area contributed by atoms with Gasteiger partial charge in [0.1, 0.15) is 23.0 Å². The lowest BCUT2D eigenvalue weighted by atomic mass is 9.98. The number of halogens is 2. The molecule has 0 unspecified atom stereocenters. The Morgan fingerprint density at radius 3 is 2.42 bits per heavy atom. The molecular formula is C24H15F2NO4. The third kappa shape index (κ3) is 3.15. The standard InChI is InChI=1S/C24H15F2NO4/c25-15-6-4-13(5-7-15)12-27-21(14-2-1-3-17(28)10-14)20-22(29)18-11-16(26)8-9-19(18)31-23(20)24(27)30/h1-11,21,28H,12H2/t21-/m1/s1. The topological polar surface area (TPSA) is 70.8 Å². The number of rotatable bonds is 3. The molecule has 7 heteroatoms. The highest BCUT2D eigenvalue weighted by atomic mass is 19.1. The van der Waals surface area contributed by atoms with Crippen LogP contribution >= 0.6 is 0 Å². The number of carbonyl (C=O) groups excluding carboxylic acids is 1. The van der Waals surface area contributed by atoms with Crippen LogP contribution in [0.3, 0.4) is 0 Å². The molecule has 0 bridgehead atoms. The van der Waals surface area contributed by atoms with Crippen molar-refractivity contribution in [3.63, 3.8) is 0 Å². The highest BCUT2D eigenvalue weighted by Gasteiger charge is 2.42. The summed E-state index contributed by atoms with van der Waals surface area (Å²) in [7, 11) is 0. The fraction of sp³-hybridized carbons (Fsp3) is 0.0833. The Hall–Kier alpha value is -4.00. The van der Waals surface area contributed by atoms with E-state index < -0.39 is 29.0 Å². The van der Waals surface area contributed by atoms with Crippen LogP contribution in [0, 0.1) is 11.6 Å². The minimum absolute atomic E-state index is 0.0281. The van der Waals surface area contributed by atoms with E-state index in [1.807, 2.05) is 0 Å². The number of phenolic OH excluding ortho intramolecular Hbond substituents is 1. The van der Waals surface area contributed by atoms with Crippen molar-refractivity contribution >= 4 is 16.9 Å². The van der Waals surface area contributed by atoms with E-state index in [0.29, 0.717) is 11.1 Å². The number of hydrogen-bond acceptors (Lipinski definition) is 4. The predicted molar refractivity (Wildman–Crippen MR) is 109 cm³/mol. The highest BCUT2D eigenvalue weighted by Crippen LogP contribution is 2.39. The van der Waals surface area contributed by atoms with E-state index in [9.17, 15) is 23.5 Å². The molecule has 5 nitrogen and oxygen atoms in total. The van der Waals surface area contributed by atoms with Crippen LogP contribution in [-0.4, -0.2) is 15.9 Å². The van der Waals surface area contributed by atoms with Crippen LogP contribution in [0.2, 0.25) is 0 Å². The Labute approximate surface area is 174 Å². The molecule has 3 aromatic carbocycles. The number of phenols is 1. The van der Waals surface area contributed by atoms with E-state index in [-0.39, 0.29) is 34.6 Å². The van der Waals surface area contributed by atoms with Crippen LogP contribution in [0.1, 0.15) is 33.3 Å². The molecular weight excluding hydrogens is 404 g/mol. The maximum absolute atomic E-state index is 13.8. The zero-order valence-electron chi connectivity index (χ0n) is 16.0. The molecule has 1 aliphatic rings. The molecule has 1 aliphatic heterocycles. The van der Waals surface area contributed by atoms with Crippen LogP contribution < -0.4 is 5.43 Å². The number of nitrogens with zero attached hydrogens (tertiary/aromatic N) is 1. The summed E-state index contributed by atoms with van der Waals surface area (Å²) in [5, 5.41) is 10.0. The maximum Gasteiger partial charge on any atom is 0.291 e. The highest BCUT2D eigenvalue weighted by molar-refractivity contribution is 5.99. The molecule has 1 amide bonds. The van der Waals surface area contributed by atoms with Crippen LogP contribution in [0.4, 0.5) is 8.78 Å². The van der Waals surface area contributed by atoms with Crippen molar-refractivity contribution in [2.75, 3.05) is 0 Å². The van der Waals surface area contributed by atoms with Gasteiger partial charge in [-0.1, -0.05) is 24.3 Å². The summed E-state index contributed by atoms with van der Waals surface area (Å²) in [5.74, 6) is -1.68. The first kappa shape index (κ1) is 19.0. The Morgan fingerprint density at radius 2 is 1.68 bits per heavy atom. The number of amides is 1. The number of carbonyl (C=O) groups is 1. The van der Waals surface area contributed by atoms with Crippen molar-refractivity contribution < 1.29 is 23.1 Å². The molecule has 0 aliphatic carbocycles. The second-order valence-corrected chi connectivity index (χ2v) is 7.37. The van der Waals surface area contributed by atoms with Gasteiger partial charge in [-0.25, -0.2) is 8.78 Å². The molecule has 0 saturated carbocycles. The number of aromatic hydroxyl groups is 1. The van der Waals surface area contributed by atoms with Gasteiger partial charge in [0.2, 0.25) is 5.76 Å². The van der Waals surface area contributed by atoms with Gasteiger partial charge in [-0.05, 0) is 53.6 Å². The molecule has 0 fully saturated rings. The fourth-order valence-electron chi connectivity index (χ4n) is 3.98. The van der Waals surface area contributed by atoms with Crippen LogP contribution in [0.15, 0.2) is 75.9 Å². The molecule has 0 saturated heterocycles. The van der Waals surface area contributed by atoms with Crippen LogP contribution in [0.25, 0.3) is 11.0 Å². The number of hydrogen-bond donors (Lipinski definition) is 1. The second-order valence-electron chi connectivity index (χ2n) is 7.37. The number of fused-ring (bicyclic) bond motifs is 2. The minimum Gasteiger partial charge on any atom is -0.508 e. The SMILES string of the molecule is O=C1c2oc3ccc(F)cc3c(=O)c2[C@@H](c2cccc(O)c2)N1Cc1ccc(F)cc1. The van der Waals surface area contributed by atoms with Crippen molar-refractivity contribution in [3.05, 3.63) is 111 Å². The number of benzene rings is 3. The second kappa shape index (κ2) is 7.05. The zero-order chi connectivity index (χ0) is 21.7. The van der Waals surface area contributed by atoms with E-state index in [2.05, 4.69) is 0 Å². The molecule has 2 heterocycles. The monoisotopic (exact) mass is 419 g/mol. The fourth-order valence-corrected chi connectivity index (χ4v) is 3.98. The molecule has 0 spiro atoms. The van der Waals surface area contributed by atoms with Crippen molar-refractivity contribution in [1.29, 1.82) is 0 Å². The average Bonchev–Trinajstić information content (AvgIpc) is 3.02. The average molecular weight is 419 g/mol. The smallest absolute Gasteiger partial charge is 0.291 e. The summed E-state index contributed by atoms with van der Waals surface area (Å²) in [4.78, 5) is 28.0. The Kier molecular flexibility index (Phi) is 4.32. The van der Waals surface area contributed by atoms with E-state index in [0.717, 1.165) is 12.1 Å². The first-order valence-corrected chi connectivity index (χ1v) is 9.53. The molecule has 5 rings (SSSR count). The Balaban J connectivity index is 1.73. The lowest BCUT2D eigenvalue weighted by Crippen LogP contribution is -2.29. The minimum atomic E-state index is -0.858. The van der Waals surface area contributed by atoms with Gasteiger partial charge in [-0.15, -0.1) is 0 Å². The van der Waals surface area contributed by atoms with Crippen LogP contribution in [-0.2, 0) is 6.54 Å². The molecule has 1 atom stereocenters. The summed E-state index contributed by atoms with van der Waals surface area (Å²) in [6.07, 6.45) is 0. The predicted octanol–water partition coefficient (Wildman–Crippen LogP) is 4.52. The van der Waals surface area contributed by atoms with Crippen molar-refractivity contribution in [2.24, 2.45) is 0 Å². The molecule has 1 aromatic heterocycles. The first-order valence-electron chi connectivity index (χ1n) is 9.53. The van der Waals surface area contributed by atoms with Gasteiger partial charge in [0.05, 0.1) is 17.0 Å². The van der Waals surface area contributed by atoms with Gasteiger partial charge in [-0.3, -0.25) is 9.59 Å². The largest absolute Gasteiger partial charge is 0.508 e. The van der Waals surface area contributed by atoms with Gasteiger partial charge in [0.25, 0.3) is 5.91 Å². The first-order chi connectivity index (χ1) is 14.9. The Morgan fingerprint density at radius 1 is 0.935 bits per heavy atom. The molecule has 1 N–H and O–H groups in total. The van der Waals surface area contributed by atoms with Gasteiger partial charge < -0.3 is 14.4 Å². The van der Waals surface area contributed by atoms with E-state index in [1.165, 1.54) is 35.2 Å². The van der Waals surface area contributed by atoms with Crippen molar-refractivity contribution in [1.82, 2.24) is 4.90 Å². The quantitative estimate of drug-likeness (QED) is 0.530. The van der Waals surface area contributed by atoms with E-state index in [4.69, 9.17) is 4.42 Å². The van der Waals surface area contributed by atoms with Gasteiger partial charge in [-0.2, -0.15) is 0 Å². The third-order valence-electron chi connectivity index (χ3n) is 5.38. The third-order valence-corrected chi connectivity index (χ3v) is 5.38. The normalized spacial score (nSPS) is 15.5. The van der Waals surface area contributed by atoms with Gasteiger partial charge >= 0.3 is 0 Å². The molecule has 31 heavy (non-hydrogen) atoms.